The second-order valence-corrected chi connectivity index (χ2v) is 8.57. The van der Waals surface area contributed by atoms with E-state index in [9.17, 15) is 32.3 Å². The summed E-state index contributed by atoms with van der Waals surface area (Å²) in [6, 6.07) is 1.30. The molecular weight excluding hydrogens is 503 g/mol. The van der Waals surface area contributed by atoms with Gasteiger partial charge in [-0.25, -0.2) is 9.78 Å². The predicted molar refractivity (Wildman–Crippen MR) is 128 cm³/mol. The molecular formula is C21H22F3N7O4S. The van der Waals surface area contributed by atoms with Crippen LogP contribution in [0.4, 0.5) is 30.5 Å². The van der Waals surface area contributed by atoms with Crippen LogP contribution in [0.2, 0.25) is 0 Å². The summed E-state index contributed by atoms with van der Waals surface area (Å²) >= 11 is 1.09. The molecule has 3 aromatic heterocycles. The van der Waals surface area contributed by atoms with Crippen molar-refractivity contribution in [2.24, 2.45) is 7.05 Å². The van der Waals surface area contributed by atoms with Gasteiger partial charge in [0.05, 0.1) is 13.1 Å². The van der Waals surface area contributed by atoms with Crippen molar-refractivity contribution < 1.29 is 22.8 Å². The molecule has 3 rings (SSSR count). The number of Topliss-reactive ketones (excluding diaryl/α,β-unsaturated/α-hetero) is 1. The Morgan fingerprint density at radius 1 is 1.25 bits per heavy atom. The molecule has 36 heavy (non-hydrogen) atoms. The lowest BCUT2D eigenvalue weighted by molar-refractivity contribution is -0.141. The number of aromatic nitrogens is 4. The molecule has 0 unspecified atom stereocenters. The SMILES string of the molecule is CCC(=O)Cn1c(=O)c(NCC(=O)Nc2csc(-c3cnc(C(F)(F)F)c(C)c3)n2)c(N)n(C)c1=O. The van der Waals surface area contributed by atoms with E-state index in [4.69, 9.17) is 5.73 Å². The maximum absolute atomic E-state index is 12.9. The minimum atomic E-state index is -4.57. The van der Waals surface area contributed by atoms with Crippen LogP contribution in [0.15, 0.2) is 27.2 Å². The maximum Gasteiger partial charge on any atom is 0.433 e. The van der Waals surface area contributed by atoms with E-state index in [-0.39, 0.29) is 35.1 Å². The average Bonchev–Trinajstić information content (AvgIpc) is 3.27. The van der Waals surface area contributed by atoms with Crippen molar-refractivity contribution in [2.75, 3.05) is 22.9 Å². The monoisotopic (exact) mass is 525 g/mol. The second kappa shape index (κ2) is 10.3. The van der Waals surface area contributed by atoms with Crippen molar-refractivity contribution >= 4 is 40.4 Å². The van der Waals surface area contributed by atoms with Gasteiger partial charge in [0.25, 0.3) is 5.56 Å². The lowest BCUT2D eigenvalue weighted by atomic mass is 10.1. The van der Waals surface area contributed by atoms with E-state index in [0.29, 0.717) is 10.6 Å². The van der Waals surface area contributed by atoms with E-state index < -0.39 is 42.1 Å². The number of pyridine rings is 1. The summed E-state index contributed by atoms with van der Waals surface area (Å²) in [6.45, 7) is 2.03. The van der Waals surface area contributed by atoms with E-state index in [1.807, 2.05) is 0 Å². The molecule has 0 saturated heterocycles. The lowest BCUT2D eigenvalue weighted by Gasteiger charge is -2.14. The predicted octanol–water partition coefficient (Wildman–Crippen LogP) is 2.00. The molecule has 0 aliphatic heterocycles. The van der Waals surface area contributed by atoms with Crippen LogP contribution in [0.3, 0.4) is 0 Å². The number of thiazole rings is 1. The summed E-state index contributed by atoms with van der Waals surface area (Å²) in [6.07, 6.45) is -3.39. The third-order valence-corrected chi connectivity index (χ3v) is 6.01. The zero-order valence-corrected chi connectivity index (χ0v) is 20.2. The fraction of sp³-hybridized carbons (Fsp3) is 0.333. The standard InChI is InChI=1S/C21H22F3N7O4S/c1-4-12(32)8-31-19(34)15(17(25)30(3)20(31)35)26-7-14(33)28-13-9-36-18(29-13)11-5-10(2)16(27-6-11)21(22,23)24/h5-6,9,26H,4,7-8,25H2,1-3H3,(H,28,33). The van der Waals surface area contributed by atoms with Crippen LogP contribution in [0.1, 0.15) is 24.6 Å². The largest absolute Gasteiger partial charge is 0.433 e. The van der Waals surface area contributed by atoms with Crippen molar-refractivity contribution in [3.05, 3.63) is 49.7 Å². The number of aryl methyl sites for hydroxylation is 1. The van der Waals surface area contributed by atoms with Crippen molar-refractivity contribution in [3.63, 3.8) is 0 Å². The molecule has 0 aliphatic carbocycles. The van der Waals surface area contributed by atoms with Gasteiger partial charge in [-0.1, -0.05) is 6.92 Å². The molecule has 4 N–H and O–H groups in total. The van der Waals surface area contributed by atoms with E-state index in [1.54, 1.807) is 6.92 Å². The van der Waals surface area contributed by atoms with Crippen molar-refractivity contribution in [1.29, 1.82) is 0 Å². The summed E-state index contributed by atoms with van der Waals surface area (Å²) in [5, 5.41) is 6.91. The number of nitrogen functional groups attached to an aromatic ring is 1. The van der Waals surface area contributed by atoms with Crippen LogP contribution in [-0.4, -0.2) is 37.3 Å². The van der Waals surface area contributed by atoms with Crippen LogP contribution >= 0.6 is 11.3 Å². The van der Waals surface area contributed by atoms with Gasteiger partial charge in [0.1, 0.15) is 28.0 Å². The number of nitrogens with two attached hydrogens (primary N) is 1. The highest BCUT2D eigenvalue weighted by Crippen LogP contribution is 2.33. The smallest absolute Gasteiger partial charge is 0.383 e. The Hall–Kier alpha value is -4.01. The Kier molecular flexibility index (Phi) is 7.62. The molecule has 192 valence electrons. The van der Waals surface area contributed by atoms with Crippen LogP contribution in [0.25, 0.3) is 10.6 Å². The number of hydrogen-bond acceptors (Lipinski definition) is 9. The van der Waals surface area contributed by atoms with E-state index in [1.165, 1.54) is 25.4 Å². The average molecular weight is 526 g/mol. The first-order valence-corrected chi connectivity index (χ1v) is 11.4. The number of rotatable bonds is 8. The highest BCUT2D eigenvalue weighted by Gasteiger charge is 2.34. The minimum absolute atomic E-state index is 0.0638. The molecule has 0 bridgehead atoms. The number of carbonyl (C=O) groups excluding carboxylic acids is 2. The van der Waals surface area contributed by atoms with Crippen LogP contribution < -0.4 is 27.6 Å². The Morgan fingerprint density at radius 3 is 2.56 bits per heavy atom. The van der Waals surface area contributed by atoms with Gasteiger partial charge >= 0.3 is 11.9 Å². The van der Waals surface area contributed by atoms with Gasteiger partial charge in [0, 0.05) is 30.6 Å². The first kappa shape index (κ1) is 26.6. The molecule has 0 aromatic carbocycles. The van der Waals surface area contributed by atoms with Crippen LogP contribution in [-0.2, 0) is 29.4 Å². The van der Waals surface area contributed by atoms with Crippen LogP contribution in [0, 0.1) is 6.92 Å². The van der Waals surface area contributed by atoms with E-state index in [2.05, 4.69) is 20.6 Å². The quantitative estimate of drug-likeness (QED) is 0.404. The minimum Gasteiger partial charge on any atom is -0.383 e. The first-order chi connectivity index (χ1) is 16.8. The first-order valence-electron chi connectivity index (χ1n) is 10.5. The van der Waals surface area contributed by atoms with Crippen molar-refractivity contribution in [3.8, 4) is 10.6 Å². The van der Waals surface area contributed by atoms with Crippen molar-refractivity contribution in [2.45, 2.75) is 33.0 Å². The molecule has 0 atom stereocenters. The summed E-state index contributed by atoms with van der Waals surface area (Å²) in [4.78, 5) is 56.8. The number of halogens is 3. The maximum atomic E-state index is 12.9. The summed E-state index contributed by atoms with van der Waals surface area (Å²) < 4.78 is 40.5. The number of alkyl halides is 3. The Morgan fingerprint density at radius 2 is 1.94 bits per heavy atom. The highest BCUT2D eigenvalue weighted by atomic mass is 32.1. The topological polar surface area (TPSA) is 154 Å². The van der Waals surface area contributed by atoms with Gasteiger partial charge in [-0.05, 0) is 18.6 Å². The van der Waals surface area contributed by atoms with Gasteiger partial charge < -0.3 is 16.4 Å². The molecule has 0 aliphatic rings. The molecule has 11 nitrogen and oxygen atoms in total. The fourth-order valence-corrected chi connectivity index (χ4v) is 3.92. The molecule has 0 fully saturated rings. The molecule has 1 amide bonds. The summed E-state index contributed by atoms with van der Waals surface area (Å²) in [5.41, 5.74) is 3.33. The van der Waals surface area contributed by atoms with E-state index in [0.717, 1.165) is 26.7 Å². The van der Waals surface area contributed by atoms with Gasteiger partial charge in [0.15, 0.2) is 5.78 Å². The number of amides is 1. The molecule has 15 heteroatoms. The number of anilines is 3. The third kappa shape index (κ3) is 5.62. The Bertz CT molecular complexity index is 1440. The number of nitrogens with zero attached hydrogens (tertiary/aromatic N) is 4. The molecule has 0 spiro atoms. The normalized spacial score (nSPS) is 11.4. The fourth-order valence-electron chi connectivity index (χ4n) is 3.18. The highest BCUT2D eigenvalue weighted by molar-refractivity contribution is 7.13. The number of carbonyl (C=O) groups is 2. The molecule has 3 aromatic rings. The zero-order valence-electron chi connectivity index (χ0n) is 19.4. The van der Waals surface area contributed by atoms with Gasteiger partial charge in [-0.2, -0.15) is 13.2 Å². The molecule has 3 heterocycles. The molecule has 0 radical (unpaired) electrons. The number of ketones is 1. The van der Waals surface area contributed by atoms with E-state index >= 15 is 0 Å². The van der Waals surface area contributed by atoms with Crippen molar-refractivity contribution in [1.82, 2.24) is 19.1 Å². The van der Waals surface area contributed by atoms with Gasteiger partial charge in [0.2, 0.25) is 5.91 Å². The summed E-state index contributed by atoms with van der Waals surface area (Å²) in [7, 11) is 1.32. The molecule has 0 saturated carbocycles. The Labute approximate surface area is 205 Å². The third-order valence-electron chi connectivity index (χ3n) is 5.11. The second-order valence-electron chi connectivity index (χ2n) is 7.71. The van der Waals surface area contributed by atoms with Gasteiger partial charge in [-0.15, -0.1) is 11.3 Å². The number of nitrogens with one attached hydrogen (secondary N) is 2. The zero-order chi connectivity index (χ0) is 26.8. The lowest BCUT2D eigenvalue weighted by Crippen LogP contribution is -2.43. The van der Waals surface area contributed by atoms with Crippen LogP contribution in [0.5, 0.6) is 0 Å². The Balaban J connectivity index is 1.73. The number of hydrogen-bond donors (Lipinski definition) is 3. The summed E-state index contributed by atoms with van der Waals surface area (Å²) in [5.74, 6) is -1.02. The van der Waals surface area contributed by atoms with Gasteiger partial charge in [-0.3, -0.25) is 28.5 Å².